The highest BCUT2D eigenvalue weighted by Crippen LogP contribution is 2.24. The second-order valence-electron chi connectivity index (χ2n) is 5.96. The van der Waals surface area contributed by atoms with E-state index in [1.54, 1.807) is 13.2 Å². The summed E-state index contributed by atoms with van der Waals surface area (Å²) in [5, 5.41) is 2.89. The molecule has 1 heterocycles. The summed E-state index contributed by atoms with van der Waals surface area (Å²) in [5.74, 6) is 1.62. The molecule has 5 heteroatoms. The van der Waals surface area contributed by atoms with Crippen molar-refractivity contribution in [1.82, 2.24) is 4.98 Å². The maximum atomic E-state index is 12.2. The van der Waals surface area contributed by atoms with E-state index in [2.05, 4.69) is 10.3 Å². The lowest BCUT2D eigenvalue weighted by molar-refractivity contribution is -0.115. The Hall–Kier alpha value is -2.82. The van der Waals surface area contributed by atoms with Crippen LogP contribution in [-0.2, 0) is 11.2 Å². The van der Waals surface area contributed by atoms with Crippen molar-refractivity contribution in [3.05, 3.63) is 53.9 Å². The van der Waals surface area contributed by atoms with E-state index < -0.39 is 0 Å². The third-order valence-corrected chi connectivity index (χ3v) is 3.71. The first-order valence-corrected chi connectivity index (χ1v) is 7.88. The van der Waals surface area contributed by atoms with E-state index >= 15 is 0 Å². The number of hydrogen-bond donors (Lipinski definition) is 1. The lowest BCUT2D eigenvalue weighted by atomic mass is 10.1. The first-order valence-electron chi connectivity index (χ1n) is 7.88. The van der Waals surface area contributed by atoms with Crippen LogP contribution in [0.5, 0.6) is 5.75 Å². The number of methoxy groups -OCH3 is 1. The smallest absolute Gasteiger partial charge is 0.228 e. The number of rotatable bonds is 5. The van der Waals surface area contributed by atoms with E-state index in [1.807, 2.05) is 50.2 Å². The fourth-order valence-corrected chi connectivity index (χ4v) is 2.40. The van der Waals surface area contributed by atoms with Crippen molar-refractivity contribution in [1.29, 1.82) is 0 Å². The van der Waals surface area contributed by atoms with Gasteiger partial charge in [-0.1, -0.05) is 26.0 Å². The topological polar surface area (TPSA) is 64.4 Å². The van der Waals surface area contributed by atoms with E-state index in [0.717, 1.165) is 16.8 Å². The summed E-state index contributed by atoms with van der Waals surface area (Å²) in [6, 6.07) is 12.9. The second-order valence-corrected chi connectivity index (χ2v) is 5.96. The maximum absolute atomic E-state index is 12.2. The van der Waals surface area contributed by atoms with E-state index in [1.165, 1.54) is 0 Å². The average Bonchev–Trinajstić information content (AvgIpc) is 2.99. The summed E-state index contributed by atoms with van der Waals surface area (Å²) < 4.78 is 10.8. The molecule has 2 aromatic carbocycles. The number of benzene rings is 2. The number of carbonyl (C=O) groups excluding carboxylic acids is 1. The van der Waals surface area contributed by atoms with E-state index in [-0.39, 0.29) is 11.8 Å². The zero-order chi connectivity index (χ0) is 17.1. The van der Waals surface area contributed by atoms with Crippen LogP contribution in [0.2, 0.25) is 0 Å². The zero-order valence-corrected chi connectivity index (χ0v) is 14.0. The first-order chi connectivity index (χ1) is 11.5. The van der Waals surface area contributed by atoms with Crippen LogP contribution >= 0.6 is 0 Å². The summed E-state index contributed by atoms with van der Waals surface area (Å²) in [6.45, 7) is 4.06. The summed E-state index contributed by atoms with van der Waals surface area (Å²) in [4.78, 5) is 16.6. The monoisotopic (exact) mass is 324 g/mol. The van der Waals surface area contributed by atoms with Crippen molar-refractivity contribution in [2.24, 2.45) is 0 Å². The van der Waals surface area contributed by atoms with Crippen molar-refractivity contribution in [3.63, 3.8) is 0 Å². The summed E-state index contributed by atoms with van der Waals surface area (Å²) in [5.41, 5.74) is 3.11. The molecule has 5 nitrogen and oxygen atoms in total. The number of ether oxygens (including phenoxy) is 1. The largest absolute Gasteiger partial charge is 0.497 e. The molecule has 0 saturated carbocycles. The normalized spacial score (nSPS) is 11.0. The lowest BCUT2D eigenvalue weighted by Crippen LogP contribution is -2.14. The Morgan fingerprint density at radius 3 is 2.62 bits per heavy atom. The lowest BCUT2D eigenvalue weighted by Gasteiger charge is -2.06. The summed E-state index contributed by atoms with van der Waals surface area (Å²) in [7, 11) is 1.62. The molecule has 0 aliphatic carbocycles. The first kappa shape index (κ1) is 16.1. The molecule has 0 bridgehead atoms. The van der Waals surface area contributed by atoms with Crippen molar-refractivity contribution in [2.45, 2.75) is 26.2 Å². The van der Waals surface area contributed by atoms with Gasteiger partial charge in [0.15, 0.2) is 11.5 Å². The third kappa shape index (κ3) is 3.56. The van der Waals surface area contributed by atoms with Crippen LogP contribution < -0.4 is 10.1 Å². The number of anilines is 1. The Balaban J connectivity index is 1.70. The van der Waals surface area contributed by atoms with Gasteiger partial charge >= 0.3 is 0 Å². The predicted molar refractivity (Wildman–Crippen MR) is 93.4 cm³/mol. The molecule has 0 aliphatic heterocycles. The van der Waals surface area contributed by atoms with Gasteiger partial charge in [0.25, 0.3) is 0 Å². The van der Waals surface area contributed by atoms with E-state index in [0.29, 0.717) is 23.6 Å². The van der Waals surface area contributed by atoms with Crippen LogP contribution in [0.1, 0.15) is 31.2 Å². The van der Waals surface area contributed by atoms with Crippen LogP contribution in [0.15, 0.2) is 46.9 Å². The Morgan fingerprint density at radius 2 is 1.96 bits per heavy atom. The van der Waals surface area contributed by atoms with Gasteiger partial charge in [0, 0.05) is 17.7 Å². The van der Waals surface area contributed by atoms with Crippen LogP contribution in [0.3, 0.4) is 0 Å². The highest BCUT2D eigenvalue weighted by Gasteiger charge is 2.11. The molecular weight excluding hydrogens is 304 g/mol. The average molecular weight is 324 g/mol. The molecule has 0 aliphatic rings. The molecule has 0 spiro atoms. The Kier molecular flexibility index (Phi) is 4.51. The van der Waals surface area contributed by atoms with Gasteiger partial charge in [0.2, 0.25) is 5.91 Å². The fraction of sp³-hybridized carbons (Fsp3) is 0.263. The second kappa shape index (κ2) is 6.74. The molecule has 0 saturated heterocycles. The molecule has 0 fully saturated rings. The minimum absolute atomic E-state index is 0.0804. The van der Waals surface area contributed by atoms with Gasteiger partial charge in [-0.25, -0.2) is 4.98 Å². The minimum atomic E-state index is -0.0804. The Bertz CT molecular complexity index is 851. The molecular formula is C19H20N2O3. The fourth-order valence-electron chi connectivity index (χ4n) is 2.40. The number of hydrogen-bond acceptors (Lipinski definition) is 4. The number of oxazole rings is 1. The number of carbonyl (C=O) groups is 1. The Morgan fingerprint density at radius 1 is 1.21 bits per heavy atom. The van der Waals surface area contributed by atoms with Crippen molar-refractivity contribution < 1.29 is 13.9 Å². The van der Waals surface area contributed by atoms with Crippen LogP contribution in [0.4, 0.5) is 5.69 Å². The van der Waals surface area contributed by atoms with Gasteiger partial charge in [0.1, 0.15) is 11.3 Å². The number of nitrogens with zero attached hydrogens (tertiary/aromatic N) is 1. The molecule has 24 heavy (non-hydrogen) atoms. The van der Waals surface area contributed by atoms with Crippen molar-refractivity contribution in [3.8, 4) is 5.75 Å². The zero-order valence-electron chi connectivity index (χ0n) is 14.0. The van der Waals surface area contributed by atoms with Gasteiger partial charge in [0.05, 0.1) is 13.5 Å². The van der Waals surface area contributed by atoms with Gasteiger partial charge in [-0.2, -0.15) is 0 Å². The van der Waals surface area contributed by atoms with Crippen LogP contribution in [0.25, 0.3) is 11.1 Å². The van der Waals surface area contributed by atoms with E-state index in [9.17, 15) is 4.79 Å². The highest BCUT2D eigenvalue weighted by molar-refractivity contribution is 5.94. The third-order valence-electron chi connectivity index (χ3n) is 3.71. The van der Waals surface area contributed by atoms with E-state index in [4.69, 9.17) is 9.15 Å². The number of fused-ring (bicyclic) bond motifs is 1. The molecule has 0 atom stereocenters. The summed E-state index contributed by atoms with van der Waals surface area (Å²) >= 11 is 0. The van der Waals surface area contributed by atoms with Crippen LogP contribution in [0, 0.1) is 0 Å². The molecule has 0 unspecified atom stereocenters. The van der Waals surface area contributed by atoms with Gasteiger partial charge in [-0.05, 0) is 29.8 Å². The Labute approximate surface area is 140 Å². The molecule has 1 aromatic heterocycles. The van der Waals surface area contributed by atoms with Gasteiger partial charge in [-0.3, -0.25) is 4.79 Å². The van der Waals surface area contributed by atoms with Gasteiger partial charge in [-0.15, -0.1) is 0 Å². The van der Waals surface area contributed by atoms with Crippen molar-refractivity contribution >= 4 is 22.7 Å². The molecule has 3 rings (SSSR count). The van der Waals surface area contributed by atoms with Crippen molar-refractivity contribution in [2.75, 3.05) is 12.4 Å². The summed E-state index contributed by atoms with van der Waals surface area (Å²) in [6.07, 6.45) is 0.301. The predicted octanol–water partition coefficient (Wildman–Crippen LogP) is 4.14. The molecule has 1 amide bonds. The number of aromatic nitrogens is 1. The maximum Gasteiger partial charge on any atom is 0.228 e. The molecule has 124 valence electrons. The quantitative estimate of drug-likeness (QED) is 0.766. The van der Waals surface area contributed by atoms with Gasteiger partial charge < -0.3 is 14.5 Å². The minimum Gasteiger partial charge on any atom is -0.497 e. The SMILES string of the molecule is COc1ccc(CC(=O)Nc2ccc3nc(C(C)C)oc3c2)cc1. The standard InChI is InChI=1S/C19H20N2O3/c1-12(2)19-21-16-9-6-14(11-17(16)24-19)20-18(22)10-13-4-7-15(23-3)8-5-13/h4-9,11-12H,10H2,1-3H3,(H,20,22). The molecule has 0 radical (unpaired) electrons. The molecule has 3 aromatic rings. The highest BCUT2D eigenvalue weighted by atomic mass is 16.5. The molecule has 1 N–H and O–H groups in total. The number of nitrogens with one attached hydrogen (secondary N) is 1. The van der Waals surface area contributed by atoms with Crippen LogP contribution in [-0.4, -0.2) is 18.0 Å². The number of amides is 1.